The normalized spacial score (nSPS) is 13.0. The van der Waals surface area contributed by atoms with Gasteiger partial charge in [0.05, 0.1) is 12.5 Å². The van der Waals surface area contributed by atoms with E-state index in [0.717, 1.165) is 0 Å². The Morgan fingerprint density at radius 1 is 1.10 bits per heavy atom. The second-order valence-corrected chi connectivity index (χ2v) is 5.63. The molecule has 1 aromatic heterocycles. The highest BCUT2D eigenvalue weighted by Gasteiger charge is 2.17. The molecule has 0 amide bonds. The Labute approximate surface area is 124 Å². The topological polar surface area (TPSA) is 64.9 Å². The van der Waals surface area contributed by atoms with Gasteiger partial charge in [0.1, 0.15) is 0 Å². The summed E-state index contributed by atoms with van der Waals surface area (Å²) in [7, 11) is 0. The van der Waals surface area contributed by atoms with Crippen molar-refractivity contribution in [3.8, 4) is 0 Å². The van der Waals surface area contributed by atoms with Crippen LogP contribution >= 0.6 is 0 Å². The lowest BCUT2D eigenvalue weighted by Crippen LogP contribution is -2.18. The fourth-order valence-corrected chi connectivity index (χ4v) is 2.38. The van der Waals surface area contributed by atoms with Crippen LogP contribution in [0.4, 0.5) is 0 Å². The van der Waals surface area contributed by atoms with Gasteiger partial charge in [-0.2, -0.15) is 4.98 Å². The zero-order chi connectivity index (χ0) is 14.8. The van der Waals surface area contributed by atoms with Gasteiger partial charge in [-0.25, -0.2) is 0 Å². The molecule has 108 valence electrons. The van der Waals surface area contributed by atoms with Crippen molar-refractivity contribution in [2.45, 2.75) is 26.3 Å². The predicted octanol–water partition coefficient (Wildman–Crippen LogP) is 3.47. The molecular weight excluding hydrogens is 262 g/mol. The molecule has 4 nitrogen and oxygen atoms in total. The minimum atomic E-state index is -0.185. The Kier molecular flexibility index (Phi) is 3.71. The molecule has 4 heteroatoms. The molecule has 0 bridgehead atoms. The van der Waals surface area contributed by atoms with Crippen LogP contribution in [0.25, 0.3) is 10.8 Å². The van der Waals surface area contributed by atoms with E-state index in [-0.39, 0.29) is 12.0 Å². The average Bonchev–Trinajstić information content (AvgIpc) is 2.95. The number of hydrogen-bond acceptors (Lipinski definition) is 4. The van der Waals surface area contributed by atoms with Crippen LogP contribution in [0.15, 0.2) is 47.0 Å². The highest BCUT2D eigenvalue weighted by Crippen LogP contribution is 2.22. The molecule has 3 rings (SSSR count). The van der Waals surface area contributed by atoms with Crippen molar-refractivity contribution in [2.75, 3.05) is 0 Å². The summed E-state index contributed by atoms with van der Waals surface area (Å²) < 4.78 is 5.35. The fraction of sp³-hybridized carbons (Fsp3) is 0.294. The van der Waals surface area contributed by atoms with E-state index in [0.29, 0.717) is 18.1 Å². The van der Waals surface area contributed by atoms with Crippen molar-refractivity contribution in [1.82, 2.24) is 10.1 Å². The van der Waals surface area contributed by atoms with Gasteiger partial charge in [-0.3, -0.25) is 0 Å². The first-order chi connectivity index (χ1) is 10.1. The number of benzene rings is 2. The van der Waals surface area contributed by atoms with Gasteiger partial charge in [0.2, 0.25) is 5.89 Å². The standard InChI is InChI=1S/C17H19N3O/c1-11(2)16(18)17-19-15(21-20-17)10-13-8-5-7-12-6-3-4-9-14(12)13/h3-9,11,16H,10,18H2,1-2H3. The van der Waals surface area contributed by atoms with Gasteiger partial charge in [-0.05, 0) is 22.3 Å². The van der Waals surface area contributed by atoms with Crippen molar-refractivity contribution < 1.29 is 4.52 Å². The average molecular weight is 281 g/mol. The summed E-state index contributed by atoms with van der Waals surface area (Å²) in [4.78, 5) is 4.43. The third kappa shape index (κ3) is 2.81. The van der Waals surface area contributed by atoms with E-state index in [2.05, 4.69) is 40.5 Å². The van der Waals surface area contributed by atoms with Crippen LogP contribution in [0.5, 0.6) is 0 Å². The highest BCUT2D eigenvalue weighted by atomic mass is 16.5. The van der Waals surface area contributed by atoms with Crippen LogP contribution in [-0.4, -0.2) is 10.1 Å². The third-order valence-electron chi connectivity index (χ3n) is 3.72. The molecular formula is C17H19N3O. The Morgan fingerprint density at radius 3 is 2.67 bits per heavy atom. The number of aromatic nitrogens is 2. The molecule has 2 aromatic carbocycles. The van der Waals surface area contributed by atoms with Crippen LogP contribution in [-0.2, 0) is 6.42 Å². The summed E-state index contributed by atoms with van der Waals surface area (Å²) in [5, 5.41) is 6.43. The zero-order valence-corrected chi connectivity index (χ0v) is 12.3. The van der Waals surface area contributed by atoms with E-state index < -0.39 is 0 Å². The molecule has 0 aliphatic carbocycles. The minimum absolute atomic E-state index is 0.185. The van der Waals surface area contributed by atoms with Crippen molar-refractivity contribution in [2.24, 2.45) is 11.7 Å². The van der Waals surface area contributed by atoms with Crippen LogP contribution in [0, 0.1) is 5.92 Å². The summed E-state index contributed by atoms with van der Waals surface area (Å²) in [6, 6.07) is 14.4. The van der Waals surface area contributed by atoms with Crippen LogP contribution in [0.2, 0.25) is 0 Å². The van der Waals surface area contributed by atoms with Crippen LogP contribution < -0.4 is 5.73 Å². The first-order valence-corrected chi connectivity index (χ1v) is 7.20. The van der Waals surface area contributed by atoms with Gasteiger partial charge < -0.3 is 10.3 Å². The molecule has 0 spiro atoms. The maximum atomic E-state index is 6.05. The van der Waals surface area contributed by atoms with Crippen molar-refractivity contribution in [1.29, 1.82) is 0 Å². The lowest BCUT2D eigenvalue weighted by atomic mass is 10.0. The zero-order valence-electron chi connectivity index (χ0n) is 12.3. The number of rotatable bonds is 4. The van der Waals surface area contributed by atoms with E-state index in [4.69, 9.17) is 10.3 Å². The summed E-state index contributed by atoms with van der Waals surface area (Å²) in [6.45, 7) is 4.09. The van der Waals surface area contributed by atoms with Crippen LogP contribution in [0.3, 0.4) is 0 Å². The smallest absolute Gasteiger partial charge is 0.231 e. The Hall–Kier alpha value is -2.20. The number of fused-ring (bicyclic) bond motifs is 1. The SMILES string of the molecule is CC(C)C(N)c1noc(Cc2cccc3ccccc23)n1. The maximum Gasteiger partial charge on any atom is 0.231 e. The quantitative estimate of drug-likeness (QED) is 0.795. The number of nitrogens with two attached hydrogens (primary N) is 1. The summed E-state index contributed by atoms with van der Waals surface area (Å²) >= 11 is 0. The third-order valence-corrected chi connectivity index (χ3v) is 3.72. The van der Waals surface area contributed by atoms with E-state index >= 15 is 0 Å². The second kappa shape index (κ2) is 5.66. The number of hydrogen-bond donors (Lipinski definition) is 1. The van der Waals surface area contributed by atoms with Gasteiger partial charge in [0, 0.05) is 0 Å². The minimum Gasteiger partial charge on any atom is -0.339 e. The molecule has 3 aromatic rings. The lowest BCUT2D eigenvalue weighted by Gasteiger charge is -2.09. The first kappa shape index (κ1) is 13.8. The molecule has 0 saturated heterocycles. The van der Waals surface area contributed by atoms with E-state index in [1.54, 1.807) is 0 Å². The van der Waals surface area contributed by atoms with E-state index in [1.807, 2.05) is 26.0 Å². The van der Waals surface area contributed by atoms with Gasteiger partial charge in [0.25, 0.3) is 0 Å². The molecule has 2 N–H and O–H groups in total. The first-order valence-electron chi connectivity index (χ1n) is 7.20. The molecule has 0 aliphatic rings. The van der Waals surface area contributed by atoms with Crippen molar-refractivity contribution >= 4 is 10.8 Å². The highest BCUT2D eigenvalue weighted by molar-refractivity contribution is 5.85. The molecule has 21 heavy (non-hydrogen) atoms. The monoisotopic (exact) mass is 281 g/mol. The lowest BCUT2D eigenvalue weighted by molar-refractivity contribution is 0.368. The van der Waals surface area contributed by atoms with Gasteiger partial charge in [-0.15, -0.1) is 0 Å². The van der Waals surface area contributed by atoms with Gasteiger partial charge in [-0.1, -0.05) is 61.5 Å². The predicted molar refractivity (Wildman–Crippen MR) is 82.8 cm³/mol. The molecule has 1 atom stereocenters. The van der Waals surface area contributed by atoms with E-state index in [1.165, 1.54) is 16.3 Å². The maximum absolute atomic E-state index is 6.05. The van der Waals surface area contributed by atoms with Crippen LogP contribution in [0.1, 0.15) is 37.2 Å². The number of nitrogens with zero attached hydrogens (tertiary/aromatic N) is 2. The largest absolute Gasteiger partial charge is 0.339 e. The van der Waals surface area contributed by atoms with Gasteiger partial charge in [0.15, 0.2) is 5.82 Å². The van der Waals surface area contributed by atoms with Crippen molar-refractivity contribution in [3.63, 3.8) is 0 Å². The second-order valence-electron chi connectivity index (χ2n) is 5.63. The summed E-state index contributed by atoms with van der Waals surface area (Å²) in [5.41, 5.74) is 7.23. The molecule has 0 fully saturated rings. The molecule has 0 aliphatic heterocycles. The molecule has 0 saturated carbocycles. The fourth-order valence-electron chi connectivity index (χ4n) is 2.38. The Bertz CT molecular complexity index is 743. The molecule has 1 heterocycles. The summed E-state index contributed by atoms with van der Waals surface area (Å²) in [6.07, 6.45) is 0.624. The molecule has 1 unspecified atom stereocenters. The van der Waals surface area contributed by atoms with E-state index in [9.17, 15) is 0 Å². The summed E-state index contributed by atoms with van der Waals surface area (Å²) in [5.74, 6) is 1.48. The van der Waals surface area contributed by atoms with Gasteiger partial charge >= 0.3 is 0 Å². The van der Waals surface area contributed by atoms with Crippen molar-refractivity contribution in [3.05, 3.63) is 59.7 Å². The Morgan fingerprint density at radius 2 is 1.86 bits per heavy atom. The molecule has 0 radical (unpaired) electrons. The Balaban J connectivity index is 1.89.